The number of H-pyrrole nitrogens is 1. The maximum Gasteiger partial charge on any atom is 0.254 e. The zero-order chi connectivity index (χ0) is 22.4. The number of ether oxygens (including phenoxy) is 4. The zero-order valence-corrected chi connectivity index (χ0v) is 18.1. The zero-order valence-electron chi connectivity index (χ0n) is 18.1. The summed E-state index contributed by atoms with van der Waals surface area (Å²) < 4.78 is 21.2. The molecule has 1 N–H and O–H groups in total. The fourth-order valence-electron chi connectivity index (χ4n) is 3.36. The minimum Gasteiger partial charge on any atom is -0.493 e. The number of hydrogen-bond donors (Lipinski definition) is 1. The lowest BCUT2D eigenvalue weighted by molar-refractivity contribution is 0.0679. The van der Waals surface area contributed by atoms with Gasteiger partial charge in [-0.25, -0.2) is 0 Å². The number of pyridine rings is 1. The summed E-state index contributed by atoms with van der Waals surface area (Å²) in [5.74, 6) is 0.862. The van der Waals surface area contributed by atoms with Crippen molar-refractivity contribution in [3.63, 3.8) is 0 Å². The van der Waals surface area contributed by atoms with Gasteiger partial charge in [-0.05, 0) is 29.7 Å². The standard InChI is InChI=1S/C23H26N2O6/c1-28-10-9-25(14-17-11-15-7-5-6-8-18(15)24-22(17)26)23(27)16-12-19(29-2)21(31-4)20(13-16)30-3/h5-8,11-13H,9-10,14H2,1-4H3,(H,24,26). The van der Waals surface area contributed by atoms with E-state index in [1.807, 2.05) is 24.3 Å². The van der Waals surface area contributed by atoms with Crippen molar-refractivity contribution in [2.45, 2.75) is 6.54 Å². The van der Waals surface area contributed by atoms with E-state index in [9.17, 15) is 9.59 Å². The van der Waals surface area contributed by atoms with Gasteiger partial charge in [0.25, 0.3) is 11.5 Å². The Hall–Kier alpha value is -3.52. The SMILES string of the molecule is COCCN(Cc1cc2ccccc2[nH]c1=O)C(=O)c1cc(OC)c(OC)c(OC)c1. The normalized spacial score (nSPS) is 10.7. The first-order chi connectivity index (χ1) is 15.0. The molecule has 0 spiro atoms. The van der Waals surface area contributed by atoms with Crippen LogP contribution < -0.4 is 19.8 Å². The molecule has 0 atom stereocenters. The van der Waals surface area contributed by atoms with Crippen LogP contribution in [0.2, 0.25) is 0 Å². The van der Waals surface area contributed by atoms with Crippen LogP contribution in [0.25, 0.3) is 10.9 Å². The van der Waals surface area contributed by atoms with Crippen LogP contribution in [0, 0.1) is 0 Å². The van der Waals surface area contributed by atoms with Crippen molar-refractivity contribution in [1.29, 1.82) is 0 Å². The van der Waals surface area contributed by atoms with Crippen molar-refractivity contribution in [3.05, 3.63) is 63.9 Å². The molecule has 0 aliphatic carbocycles. The molecule has 1 heterocycles. The van der Waals surface area contributed by atoms with Crippen LogP contribution in [0.5, 0.6) is 17.2 Å². The molecular formula is C23H26N2O6. The molecule has 0 bridgehead atoms. The van der Waals surface area contributed by atoms with E-state index in [1.165, 1.54) is 21.3 Å². The molecule has 0 saturated heterocycles. The van der Waals surface area contributed by atoms with Gasteiger partial charge in [0.2, 0.25) is 5.75 Å². The first-order valence-electron chi connectivity index (χ1n) is 9.71. The number of amides is 1. The number of rotatable bonds is 9. The Balaban J connectivity index is 1.98. The number of fused-ring (bicyclic) bond motifs is 1. The van der Waals surface area contributed by atoms with Crippen LogP contribution in [0.4, 0.5) is 0 Å². The Labute approximate surface area is 180 Å². The topological polar surface area (TPSA) is 90.1 Å². The van der Waals surface area contributed by atoms with Gasteiger partial charge < -0.3 is 28.8 Å². The average Bonchev–Trinajstić information content (AvgIpc) is 2.80. The highest BCUT2D eigenvalue weighted by atomic mass is 16.5. The van der Waals surface area contributed by atoms with Gasteiger partial charge in [0.05, 0.1) is 34.5 Å². The molecule has 1 amide bonds. The maximum absolute atomic E-state index is 13.4. The van der Waals surface area contributed by atoms with E-state index >= 15 is 0 Å². The molecule has 8 nitrogen and oxygen atoms in total. The van der Waals surface area contributed by atoms with Crippen molar-refractivity contribution >= 4 is 16.8 Å². The van der Waals surface area contributed by atoms with Gasteiger partial charge in [0.15, 0.2) is 11.5 Å². The van der Waals surface area contributed by atoms with Crippen molar-refractivity contribution in [3.8, 4) is 17.2 Å². The summed E-state index contributed by atoms with van der Waals surface area (Å²) in [5, 5.41) is 0.893. The Morgan fingerprint density at radius 2 is 1.65 bits per heavy atom. The second kappa shape index (κ2) is 9.99. The molecule has 0 fully saturated rings. The number of benzene rings is 2. The minimum absolute atomic E-state index is 0.124. The first kappa shape index (κ1) is 22.2. The molecule has 8 heteroatoms. The lowest BCUT2D eigenvalue weighted by atomic mass is 10.1. The summed E-state index contributed by atoms with van der Waals surface area (Å²) in [4.78, 5) is 30.4. The highest BCUT2D eigenvalue weighted by Crippen LogP contribution is 2.38. The summed E-state index contributed by atoms with van der Waals surface area (Å²) in [5.41, 5.74) is 1.34. The van der Waals surface area contributed by atoms with E-state index in [0.29, 0.717) is 41.5 Å². The average molecular weight is 426 g/mol. The number of nitrogens with zero attached hydrogens (tertiary/aromatic N) is 1. The van der Waals surface area contributed by atoms with Crippen molar-refractivity contribution < 1.29 is 23.7 Å². The molecule has 0 aliphatic heterocycles. The van der Waals surface area contributed by atoms with Gasteiger partial charge in [0, 0.05) is 30.3 Å². The molecule has 3 aromatic rings. The van der Waals surface area contributed by atoms with Crippen LogP contribution in [0.1, 0.15) is 15.9 Å². The van der Waals surface area contributed by atoms with Crippen LogP contribution in [-0.4, -0.2) is 57.4 Å². The second-order valence-electron chi connectivity index (χ2n) is 6.84. The summed E-state index contributed by atoms with van der Waals surface area (Å²) >= 11 is 0. The molecule has 164 valence electrons. The molecule has 31 heavy (non-hydrogen) atoms. The minimum atomic E-state index is -0.288. The summed E-state index contributed by atoms with van der Waals surface area (Å²) in [6, 6.07) is 12.5. The van der Waals surface area contributed by atoms with Gasteiger partial charge in [-0.1, -0.05) is 18.2 Å². The maximum atomic E-state index is 13.4. The van der Waals surface area contributed by atoms with Crippen LogP contribution in [-0.2, 0) is 11.3 Å². The van der Waals surface area contributed by atoms with Gasteiger partial charge in [-0.2, -0.15) is 0 Å². The smallest absolute Gasteiger partial charge is 0.254 e. The van der Waals surface area contributed by atoms with E-state index in [4.69, 9.17) is 18.9 Å². The number of nitrogens with one attached hydrogen (secondary N) is 1. The molecule has 3 rings (SSSR count). The molecular weight excluding hydrogens is 400 g/mol. The Kier molecular flexibility index (Phi) is 7.15. The fourth-order valence-corrected chi connectivity index (χ4v) is 3.36. The predicted molar refractivity (Wildman–Crippen MR) is 117 cm³/mol. The number of methoxy groups -OCH3 is 4. The lowest BCUT2D eigenvalue weighted by Gasteiger charge is -2.23. The summed E-state index contributed by atoms with van der Waals surface area (Å²) in [6.07, 6.45) is 0. The van der Waals surface area contributed by atoms with Gasteiger partial charge in [0.1, 0.15) is 0 Å². The van der Waals surface area contributed by atoms with Crippen molar-refractivity contribution in [2.75, 3.05) is 41.6 Å². The van der Waals surface area contributed by atoms with Crippen LogP contribution in [0.15, 0.2) is 47.3 Å². The number of aromatic nitrogens is 1. The highest BCUT2D eigenvalue weighted by Gasteiger charge is 2.22. The number of para-hydroxylation sites is 1. The van der Waals surface area contributed by atoms with Gasteiger partial charge in [-0.15, -0.1) is 0 Å². The monoisotopic (exact) mass is 426 g/mol. The van der Waals surface area contributed by atoms with Crippen molar-refractivity contribution in [1.82, 2.24) is 9.88 Å². The van der Waals surface area contributed by atoms with E-state index in [1.54, 1.807) is 30.2 Å². The van der Waals surface area contributed by atoms with E-state index in [2.05, 4.69) is 4.98 Å². The lowest BCUT2D eigenvalue weighted by Crippen LogP contribution is -2.35. The number of carbonyl (C=O) groups is 1. The van der Waals surface area contributed by atoms with Crippen LogP contribution >= 0.6 is 0 Å². The molecule has 2 aromatic carbocycles. The van der Waals surface area contributed by atoms with Gasteiger partial charge in [-0.3, -0.25) is 9.59 Å². The quantitative estimate of drug-likeness (QED) is 0.566. The third kappa shape index (κ3) is 4.80. The molecule has 1 aromatic heterocycles. The molecule has 0 aliphatic rings. The molecule has 0 saturated carbocycles. The fraction of sp³-hybridized carbons (Fsp3) is 0.304. The summed E-state index contributed by atoms with van der Waals surface area (Å²) in [7, 11) is 6.04. The summed E-state index contributed by atoms with van der Waals surface area (Å²) in [6.45, 7) is 0.749. The van der Waals surface area contributed by atoms with Gasteiger partial charge >= 0.3 is 0 Å². The Morgan fingerprint density at radius 3 is 2.26 bits per heavy atom. The third-order valence-corrected chi connectivity index (χ3v) is 4.96. The third-order valence-electron chi connectivity index (χ3n) is 4.96. The number of aromatic amines is 1. The molecule has 0 unspecified atom stereocenters. The van der Waals surface area contributed by atoms with E-state index in [-0.39, 0.29) is 18.0 Å². The van der Waals surface area contributed by atoms with Crippen LogP contribution in [0.3, 0.4) is 0 Å². The largest absolute Gasteiger partial charge is 0.493 e. The molecule has 0 radical (unpaired) electrons. The van der Waals surface area contributed by atoms with Crippen molar-refractivity contribution in [2.24, 2.45) is 0 Å². The highest BCUT2D eigenvalue weighted by molar-refractivity contribution is 5.95. The second-order valence-corrected chi connectivity index (χ2v) is 6.84. The Morgan fingerprint density at radius 1 is 0.968 bits per heavy atom. The Bertz CT molecular complexity index is 1100. The van der Waals surface area contributed by atoms with E-state index in [0.717, 1.165) is 10.9 Å². The predicted octanol–water partition coefficient (Wildman–Crippen LogP) is 2.84. The number of carbonyl (C=O) groups excluding carboxylic acids is 1. The first-order valence-corrected chi connectivity index (χ1v) is 9.71. The van der Waals surface area contributed by atoms with E-state index < -0.39 is 0 Å². The number of hydrogen-bond acceptors (Lipinski definition) is 6.